The van der Waals surface area contributed by atoms with Crippen LogP contribution in [0.1, 0.15) is 0 Å². The van der Waals surface area contributed by atoms with Crippen LogP contribution in [0.25, 0.3) is 0 Å². The number of piperazine rings is 1. The van der Waals surface area contributed by atoms with E-state index >= 15 is 0 Å². The minimum Gasteiger partial charge on any atom is -0.378 e. The van der Waals surface area contributed by atoms with E-state index in [1.165, 1.54) is 0 Å². The lowest BCUT2D eigenvalue weighted by molar-refractivity contribution is -0.129. The highest BCUT2D eigenvalue weighted by atomic mass is 16.2. The van der Waals surface area contributed by atoms with E-state index in [1.54, 1.807) is 18.5 Å². The van der Waals surface area contributed by atoms with E-state index in [-0.39, 0.29) is 5.91 Å². The fraction of sp³-hybridized carbons (Fsp3) is 0.389. The van der Waals surface area contributed by atoms with Crippen LogP contribution in [0.15, 0.2) is 42.7 Å². The van der Waals surface area contributed by atoms with Gasteiger partial charge in [-0.25, -0.2) is 9.97 Å². The first-order valence-corrected chi connectivity index (χ1v) is 8.44. The van der Waals surface area contributed by atoms with E-state index < -0.39 is 0 Å². The van der Waals surface area contributed by atoms with Crippen LogP contribution in [0.2, 0.25) is 0 Å². The Labute approximate surface area is 148 Å². The molecule has 0 bridgehead atoms. The van der Waals surface area contributed by atoms with Crippen molar-refractivity contribution >= 4 is 23.2 Å². The van der Waals surface area contributed by atoms with Crippen molar-refractivity contribution in [3.63, 3.8) is 0 Å². The van der Waals surface area contributed by atoms with Crippen molar-refractivity contribution < 1.29 is 4.79 Å². The van der Waals surface area contributed by atoms with Crippen LogP contribution in [-0.4, -0.2) is 67.6 Å². The topological polar surface area (TPSA) is 64.6 Å². The largest absolute Gasteiger partial charge is 0.378 e. The number of hydrogen-bond acceptors (Lipinski definition) is 6. The minimum atomic E-state index is 0.116. The molecule has 0 spiro atoms. The minimum absolute atomic E-state index is 0.116. The molecule has 0 saturated carbocycles. The SMILES string of the molecule is CN(C)c1ccc(NCC(=O)N2CCN(c3ncccn3)CC2)cc1. The first-order valence-electron chi connectivity index (χ1n) is 8.44. The van der Waals surface area contributed by atoms with Gasteiger partial charge in [0.25, 0.3) is 0 Å². The van der Waals surface area contributed by atoms with Gasteiger partial charge in [-0.1, -0.05) is 0 Å². The highest BCUT2D eigenvalue weighted by Crippen LogP contribution is 2.15. The lowest BCUT2D eigenvalue weighted by Crippen LogP contribution is -2.50. The average molecular weight is 340 g/mol. The summed E-state index contributed by atoms with van der Waals surface area (Å²) in [5, 5.41) is 3.20. The van der Waals surface area contributed by atoms with Gasteiger partial charge in [0, 0.05) is 64.0 Å². The molecule has 25 heavy (non-hydrogen) atoms. The molecule has 7 heteroatoms. The van der Waals surface area contributed by atoms with Gasteiger partial charge in [-0.2, -0.15) is 0 Å². The number of nitrogens with one attached hydrogen (secondary N) is 1. The van der Waals surface area contributed by atoms with Crippen LogP contribution in [0.5, 0.6) is 0 Å². The van der Waals surface area contributed by atoms with Crippen LogP contribution >= 0.6 is 0 Å². The van der Waals surface area contributed by atoms with E-state index in [4.69, 9.17) is 0 Å². The molecule has 2 aromatic rings. The summed E-state index contributed by atoms with van der Waals surface area (Å²) in [5.41, 5.74) is 2.09. The third-order valence-electron chi connectivity index (χ3n) is 4.29. The summed E-state index contributed by atoms with van der Waals surface area (Å²) in [5.74, 6) is 0.846. The molecule has 132 valence electrons. The van der Waals surface area contributed by atoms with Gasteiger partial charge < -0.3 is 20.0 Å². The molecule has 1 aliphatic heterocycles. The van der Waals surface area contributed by atoms with E-state index in [9.17, 15) is 4.79 Å². The Balaban J connectivity index is 1.46. The Hall–Kier alpha value is -2.83. The second-order valence-corrected chi connectivity index (χ2v) is 6.21. The molecule has 3 rings (SSSR count). The van der Waals surface area contributed by atoms with E-state index in [0.29, 0.717) is 19.6 Å². The predicted molar refractivity (Wildman–Crippen MR) is 100 cm³/mol. The first-order chi connectivity index (χ1) is 12.1. The first kappa shape index (κ1) is 17.0. The molecule has 1 aromatic heterocycles. The van der Waals surface area contributed by atoms with Gasteiger partial charge in [0.1, 0.15) is 0 Å². The third-order valence-corrected chi connectivity index (χ3v) is 4.29. The molecule has 0 aliphatic carbocycles. The van der Waals surface area contributed by atoms with Gasteiger partial charge in [0.05, 0.1) is 6.54 Å². The molecular formula is C18H24N6O. The van der Waals surface area contributed by atoms with Gasteiger partial charge in [-0.05, 0) is 30.3 Å². The van der Waals surface area contributed by atoms with Crippen molar-refractivity contribution in [1.82, 2.24) is 14.9 Å². The number of amides is 1. The molecular weight excluding hydrogens is 316 g/mol. The zero-order valence-corrected chi connectivity index (χ0v) is 14.7. The second kappa shape index (κ2) is 7.83. The smallest absolute Gasteiger partial charge is 0.241 e. The summed E-state index contributed by atoms with van der Waals surface area (Å²) in [7, 11) is 4.01. The maximum atomic E-state index is 12.4. The van der Waals surface area contributed by atoms with Gasteiger partial charge in [-0.3, -0.25) is 4.79 Å². The van der Waals surface area contributed by atoms with Crippen LogP contribution in [0.3, 0.4) is 0 Å². The zero-order valence-electron chi connectivity index (χ0n) is 14.7. The van der Waals surface area contributed by atoms with Crippen molar-refractivity contribution in [2.75, 3.05) is 61.9 Å². The Bertz CT molecular complexity index is 680. The summed E-state index contributed by atoms with van der Waals surface area (Å²) in [6.07, 6.45) is 3.48. The van der Waals surface area contributed by atoms with Crippen molar-refractivity contribution in [1.29, 1.82) is 0 Å². The van der Waals surface area contributed by atoms with Crippen LogP contribution in [0, 0.1) is 0 Å². The maximum Gasteiger partial charge on any atom is 0.241 e. The fourth-order valence-electron chi connectivity index (χ4n) is 2.78. The molecule has 2 heterocycles. The quantitative estimate of drug-likeness (QED) is 0.885. The highest BCUT2D eigenvalue weighted by Gasteiger charge is 2.22. The summed E-state index contributed by atoms with van der Waals surface area (Å²) in [4.78, 5) is 27.0. The normalized spacial score (nSPS) is 14.3. The molecule has 1 fully saturated rings. The Morgan fingerprint density at radius 3 is 2.32 bits per heavy atom. The molecule has 1 amide bonds. The number of anilines is 3. The van der Waals surface area contributed by atoms with Gasteiger partial charge in [0.2, 0.25) is 11.9 Å². The number of benzene rings is 1. The molecule has 0 unspecified atom stereocenters. The molecule has 1 aromatic carbocycles. The number of aromatic nitrogens is 2. The molecule has 0 atom stereocenters. The van der Waals surface area contributed by atoms with Crippen molar-refractivity contribution in [2.24, 2.45) is 0 Å². The number of hydrogen-bond donors (Lipinski definition) is 1. The van der Waals surface area contributed by atoms with Crippen molar-refractivity contribution in [3.05, 3.63) is 42.7 Å². The lowest BCUT2D eigenvalue weighted by atomic mass is 10.2. The number of carbonyl (C=O) groups excluding carboxylic acids is 1. The van der Waals surface area contributed by atoms with E-state index in [0.717, 1.165) is 30.4 Å². The molecule has 0 radical (unpaired) electrons. The Morgan fingerprint density at radius 2 is 1.72 bits per heavy atom. The highest BCUT2D eigenvalue weighted by molar-refractivity contribution is 5.81. The summed E-state index contributed by atoms with van der Waals surface area (Å²) >= 11 is 0. The van der Waals surface area contributed by atoms with Crippen LogP contribution in [0.4, 0.5) is 17.3 Å². The van der Waals surface area contributed by atoms with Gasteiger partial charge in [0.15, 0.2) is 0 Å². The van der Waals surface area contributed by atoms with E-state index in [2.05, 4.69) is 20.2 Å². The van der Waals surface area contributed by atoms with Crippen molar-refractivity contribution in [3.8, 4) is 0 Å². The Kier molecular flexibility index (Phi) is 5.33. The van der Waals surface area contributed by atoms with E-state index in [1.807, 2.05) is 48.2 Å². The third kappa shape index (κ3) is 4.37. The molecule has 1 aliphatic rings. The zero-order chi connectivity index (χ0) is 17.6. The van der Waals surface area contributed by atoms with Crippen LogP contribution in [-0.2, 0) is 4.79 Å². The summed E-state index contributed by atoms with van der Waals surface area (Å²) in [6.45, 7) is 3.21. The summed E-state index contributed by atoms with van der Waals surface area (Å²) < 4.78 is 0. The second-order valence-electron chi connectivity index (χ2n) is 6.21. The number of carbonyl (C=O) groups is 1. The average Bonchev–Trinajstić information content (AvgIpc) is 2.67. The number of nitrogens with zero attached hydrogens (tertiary/aromatic N) is 5. The maximum absolute atomic E-state index is 12.4. The monoisotopic (exact) mass is 340 g/mol. The Morgan fingerprint density at radius 1 is 1.08 bits per heavy atom. The molecule has 7 nitrogen and oxygen atoms in total. The molecule has 1 N–H and O–H groups in total. The van der Waals surface area contributed by atoms with Gasteiger partial charge in [-0.15, -0.1) is 0 Å². The fourth-order valence-corrected chi connectivity index (χ4v) is 2.78. The van der Waals surface area contributed by atoms with Crippen LogP contribution < -0.4 is 15.1 Å². The molecule has 1 saturated heterocycles. The summed E-state index contributed by atoms with van der Waals surface area (Å²) in [6, 6.07) is 9.86. The lowest BCUT2D eigenvalue weighted by Gasteiger charge is -2.34. The standard InChI is InChI=1S/C18H24N6O/c1-22(2)16-6-4-15(5-7-16)21-14-17(25)23-10-12-24(13-11-23)18-19-8-3-9-20-18/h3-9,21H,10-14H2,1-2H3. The van der Waals surface area contributed by atoms with Crippen molar-refractivity contribution in [2.45, 2.75) is 0 Å². The number of rotatable bonds is 5. The predicted octanol–water partition coefficient (Wildman–Crippen LogP) is 1.30. The van der Waals surface area contributed by atoms with Gasteiger partial charge >= 0.3 is 0 Å².